The summed E-state index contributed by atoms with van der Waals surface area (Å²) in [4.78, 5) is 16.1. The molecule has 0 atom stereocenters. The molecular formula is C16H19N7O3. The van der Waals surface area contributed by atoms with Crippen LogP contribution < -0.4 is 15.4 Å². The van der Waals surface area contributed by atoms with Crippen LogP contribution in [0.15, 0.2) is 28.9 Å². The van der Waals surface area contributed by atoms with Gasteiger partial charge in [-0.05, 0) is 36.7 Å². The lowest BCUT2D eigenvalue weighted by atomic mass is 10.1. The summed E-state index contributed by atoms with van der Waals surface area (Å²) < 4.78 is 9.84. The maximum absolute atomic E-state index is 11.9. The van der Waals surface area contributed by atoms with Gasteiger partial charge in [0.15, 0.2) is 5.82 Å². The predicted octanol–water partition coefficient (Wildman–Crippen LogP) is 1.60. The fraction of sp³-hybridized carbons (Fsp3) is 0.312. The van der Waals surface area contributed by atoms with Gasteiger partial charge < -0.3 is 15.4 Å². The normalized spacial score (nSPS) is 10.5. The second kappa shape index (κ2) is 8.10. The first-order valence-corrected chi connectivity index (χ1v) is 8.04. The number of aromatic amines is 1. The third-order valence-corrected chi connectivity index (χ3v) is 3.45. The average Bonchev–Trinajstić information content (AvgIpc) is 3.22. The first-order valence-electron chi connectivity index (χ1n) is 8.04. The Balaban J connectivity index is 1.40. The average molecular weight is 357 g/mol. The Morgan fingerprint density at radius 1 is 1.23 bits per heavy atom. The lowest BCUT2D eigenvalue weighted by Gasteiger charge is -2.08. The minimum Gasteiger partial charge on any atom is -0.472 e. The van der Waals surface area contributed by atoms with Crippen molar-refractivity contribution in [3.05, 3.63) is 47.2 Å². The molecule has 0 aliphatic rings. The molecule has 0 fully saturated rings. The zero-order valence-electron chi connectivity index (χ0n) is 14.4. The molecule has 3 rings (SSSR count). The second-order valence-electron chi connectivity index (χ2n) is 5.59. The van der Waals surface area contributed by atoms with Crippen LogP contribution in [-0.2, 0) is 6.42 Å². The van der Waals surface area contributed by atoms with Crippen LogP contribution >= 0.6 is 0 Å². The first kappa shape index (κ1) is 17.4. The van der Waals surface area contributed by atoms with Gasteiger partial charge in [-0.25, -0.2) is 14.4 Å². The number of amides is 2. The number of benzene rings is 1. The molecule has 2 aromatic heterocycles. The van der Waals surface area contributed by atoms with Crippen LogP contribution in [0.3, 0.4) is 0 Å². The molecule has 0 aliphatic carbocycles. The topological polar surface area (TPSA) is 131 Å². The number of carbonyl (C=O) groups is 1. The highest BCUT2D eigenvalue weighted by Gasteiger charge is 2.07. The Labute approximate surface area is 149 Å². The zero-order valence-corrected chi connectivity index (χ0v) is 14.4. The second-order valence-corrected chi connectivity index (χ2v) is 5.59. The zero-order chi connectivity index (χ0) is 18.4. The predicted molar refractivity (Wildman–Crippen MR) is 91.9 cm³/mol. The van der Waals surface area contributed by atoms with Crippen LogP contribution in [0.5, 0.6) is 5.88 Å². The number of ether oxygens (including phenoxy) is 1. The summed E-state index contributed by atoms with van der Waals surface area (Å²) in [5.74, 6) is 1.84. The fourth-order valence-electron chi connectivity index (χ4n) is 2.20. The molecule has 0 bridgehead atoms. The van der Waals surface area contributed by atoms with Crippen LogP contribution in [0.4, 0.5) is 10.5 Å². The van der Waals surface area contributed by atoms with E-state index in [1.165, 1.54) is 0 Å². The molecule has 2 amide bonds. The summed E-state index contributed by atoms with van der Waals surface area (Å²) in [6.45, 7) is 4.16. The molecule has 0 spiro atoms. The number of rotatable bonds is 7. The third-order valence-electron chi connectivity index (χ3n) is 3.45. The Morgan fingerprint density at radius 2 is 2.04 bits per heavy atom. The monoisotopic (exact) mass is 357 g/mol. The van der Waals surface area contributed by atoms with Crippen molar-refractivity contribution in [1.29, 1.82) is 0 Å². The van der Waals surface area contributed by atoms with Crippen LogP contribution in [0.1, 0.15) is 22.9 Å². The summed E-state index contributed by atoms with van der Waals surface area (Å²) in [6, 6.07) is 7.18. The molecule has 10 nitrogen and oxygen atoms in total. The van der Waals surface area contributed by atoms with Crippen molar-refractivity contribution in [3.63, 3.8) is 0 Å². The van der Waals surface area contributed by atoms with Gasteiger partial charge >= 0.3 is 6.03 Å². The summed E-state index contributed by atoms with van der Waals surface area (Å²) in [7, 11) is 0. The minimum absolute atomic E-state index is 0.261. The number of hydrogen-bond acceptors (Lipinski definition) is 7. The molecule has 136 valence electrons. The molecule has 3 aromatic rings. The van der Waals surface area contributed by atoms with Gasteiger partial charge in [0, 0.05) is 12.1 Å². The summed E-state index contributed by atoms with van der Waals surface area (Å²) in [6.07, 6.45) is 0.629. The molecule has 10 heteroatoms. The van der Waals surface area contributed by atoms with Crippen molar-refractivity contribution in [2.24, 2.45) is 0 Å². The molecular weight excluding hydrogens is 338 g/mol. The van der Waals surface area contributed by atoms with E-state index in [1.54, 1.807) is 6.92 Å². The molecule has 0 unspecified atom stereocenters. The van der Waals surface area contributed by atoms with E-state index < -0.39 is 0 Å². The van der Waals surface area contributed by atoms with E-state index in [0.717, 1.165) is 17.2 Å². The molecule has 3 N–H and O–H groups in total. The van der Waals surface area contributed by atoms with E-state index in [4.69, 9.17) is 4.74 Å². The molecule has 0 radical (unpaired) electrons. The number of carbonyl (C=O) groups excluding carboxylic acids is 1. The first-order chi connectivity index (χ1) is 12.6. The van der Waals surface area contributed by atoms with E-state index in [-0.39, 0.29) is 12.6 Å². The van der Waals surface area contributed by atoms with Gasteiger partial charge in [-0.15, -0.1) is 0 Å². The van der Waals surface area contributed by atoms with E-state index >= 15 is 0 Å². The van der Waals surface area contributed by atoms with Gasteiger partial charge in [-0.2, -0.15) is 5.10 Å². The molecule has 26 heavy (non-hydrogen) atoms. The molecule has 1 aromatic carbocycles. The maximum atomic E-state index is 11.9. The largest absolute Gasteiger partial charge is 0.472 e. The fourth-order valence-corrected chi connectivity index (χ4v) is 2.20. The van der Waals surface area contributed by atoms with Crippen molar-refractivity contribution >= 4 is 11.7 Å². The van der Waals surface area contributed by atoms with Crippen molar-refractivity contribution in [2.75, 3.05) is 18.5 Å². The van der Waals surface area contributed by atoms with Crippen molar-refractivity contribution < 1.29 is 14.2 Å². The Kier molecular flexibility index (Phi) is 5.42. The molecule has 0 saturated carbocycles. The SMILES string of the molecule is Cc1nc(Cc2ccc(NC(=O)NCCOc3nonc3C)cc2)n[nH]1. The number of H-pyrrole nitrogens is 1. The quantitative estimate of drug-likeness (QED) is 0.547. The number of aryl methyl sites for hydroxylation is 2. The lowest BCUT2D eigenvalue weighted by molar-refractivity contribution is 0.240. The van der Waals surface area contributed by atoms with Crippen molar-refractivity contribution in [2.45, 2.75) is 20.3 Å². The standard InChI is InChI=1S/C16H19N7O3/c1-10-15(23-26-22-10)25-8-7-17-16(24)19-13-5-3-12(4-6-13)9-14-18-11(2)20-21-14/h3-6H,7-9H2,1-2H3,(H2,17,19,24)(H,18,20,21). The molecule has 2 heterocycles. The number of hydrogen-bond donors (Lipinski definition) is 3. The van der Waals surface area contributed by atoms with Crippen LogP contribution in [-0.4, -0.2) is 44.7 Å². The smallest absolute Gasteiger partial charge is 0.319 e. The highest BCUT2D eigenvalue weighted by atomic mass is 16.6. The van der Waals surface area contributed by atoms with E-state index in [1.807, 2.05) is 31.2 Å². The Morgan fingerprint density at radius 3 is 2.69 bits per heavy atom. The summed E-state index contributed by atoms with van der Waals surface area (Å²) >= 11 is 0. The van der Waals surface area contributed by atoms with Crippen LogP contribution in [0.2, 0.25) is 0 Å². The van der Waals surface area contributed by atoms with Crippen molar-refractivity contribution in [1.82, 2.24) is 30.8 Å². The number of nitrogens with zero attached hydrogens (tertiary/aromatic N) is 4. The minimum atomic E-state index is -0.319. The summed E-state index contributed by atoms with van der Waals surface area (Å²) in [5, 5.41) is 19.6. The maximum Gasteiger partial charge on any atom is 0.319 e. The third kappa shape index (κ3) is 4.79. The van der Waals surface area contributed by atoms with Crippen LogP contribution in [0, 0.1) is 13.8 Å². The lowest BCUT2D eigenvalue weighted by Crippen LogP contribution is -2.32. The Hall–Kier alpha value is -3.43. The highest BCUT2D eigenvalue weighted by Crippen LogP contribution is 2.12. The van der Waals surface area contributed by atoms with Crippen molar-refractivity contribution in [3.8, 4) is 5.88 Å². The van der Waals surface area contributed by atoms with E-state index in [9.17, 15) is 4.79 Å². The molecule has 0 saturated heterocycles. The van der Waals surface area contributed by atoms with Crippen LogP contribution in [0.25, 0.3) is 0 Å². The summed E-state index contributed by atoms with van der Waals surface area (Å²) in [5.41, 5.74) is 2.31. The number of urea groups is 1. The van der Waals surface area contributed by atoms with E-state index in [0.29, 0.717) is 30.2 Å². The van der Waals surface area contributed by atoms with Gasteiger partial charge in [0.25, 0.3) is 5.88 Å². The number of aromatic nitrogens is 5. The van der Waals surface area contributed by atoms with Gasteiger partial charge in [-0.3, -0.25) is 5.10 Å². The number of anilines is 1. The Bertz CT molecular complexity index is 857. The van der Waals surface area contributed by atoms with Gasteiger partial charge in [-0.1, -0.05) is 17.3 Å². The van der Waals surface area contributed by atoms with Gasteiger partial charge in [0.1, 0.15) is 18.1 Å². The number of nitrogens with one attached hydrogen (secondary N) is 3. The van der Waals surface area contributed by atoms with Gasteiger partial charge in [0.2, 0.25) is 0 Å². The van der Waals surface area contributed by atoms with E-state index in [2.05, 4.69) is 40.8 Å². The molecule has 0 aliphatic heterocycles. The highest BCUT2D eigenvalue weighted by molar-refractivity contribution is 5.89. The van der Waals surface area contributed by atoms with Gasteiger partial charge in [0.05, 0.1) is 6.54 Å².